The van der Waals surface area contributed by atoms with Crippen molar-refractivity contribution in [2.75, 3.05) is 0 Å². The maximum atomic E-state index is 13.7. The van der Waals surface area contributed by atoms with Gasteiger partial charge in [-0.2, -0.15) is 0 Å². The largest absolute Gasteiger partial charge is 0.530 e. The highest BCUT2D eigenvalue weighted by Gasteiger charge is 2.36. The Morgan fingerprint density at radius 2 is 1.44 bits per heavy atom. The summed E-state index contributed by atoms with van der Waals surface area (Å²) in [6, 6.07) is 5.41. The van der Waals surface area contributed by atoms with Crippen molar-refractivity contribution in [3.05, 3.63) is 29.8 Å². The van der Waals surface area contributed by atoms with Gasteiger partial charge in [-0.15, -0.1) is 0 Å². The number of hydrogen-bond acceptors (Lipinski definition) is 7. The average molecular weight is 526 g/mol. The molecule has 1 aromatic rings. The summed E-state index contributed by atoms with van der Waals surface area (Å²) in [5.41, 5.74) is -0.0820. The Labute approximate surface area is 213 Å². The van der Waals surface area contributed by atoms with E-state index < -0.39 is 31.5 Å². The Morgan fingerprint density at radius 3 is 1.89 bits per heavy atom. The molecule has 202 valence electrons. The Hall–Kier alpha value is -2.09. The highest BCUT2D eigenvalue weighted by Crippen LogP contribution is 2.54. The number of phosphoric acid groups is 1. The zero-order valence-corrected chi connectivity index (χ0v) is 22.5. The van der Waals surface area contributed by atoms with Gasteiger partial charge in [0.25, 0.3) is 0 Å². The lowest BCUT2D eigenvalue weighted by atomic mass is 9.98. The summed E-state index contributed by atoms with van der Waals surface area (Å²) in [7, 11) is -3.84. The van der Waals surface area contributed by atoms with Crippen LogP contribution >= 0.6 is 7.82 Å². The first kappa shape index (κ1) is 28.5. The molecule has 2 aliphatic carbocycles. The molecule has 0 heterocycles. The fourth-order valence-corrected chi connectivity index (χ4v) is 6.14. The summed E-state index contributed by atoms with van der Waals surface area (Å²) < 4.78 is 36.6. The Bertz CT molecular complexity index is 878. The van der Waals surface area contributed by atoms with Crippen molar-refractivity contribution in [1.29, 1.82) is 0 Å². The zero-order valence-electron chi connectivity index (χ0n) is 21.6. The molecule has 2 N–H and O–H groups in total. The van der Waals surface area contributed by atoms with E-state index in [0.29, 0.717) is 11.3 Å². The molecule has 3 rings (SSSR count). The van der Waals surface area contributed by atoms with Crippen LogP contribution in [-0.4, -0.2) is 41.0 Å². The van der Waals surface area contributed by atoms with E-state index in [2.05, 4.69) is 5.32 Å². The zero-order chi connectivity index (χ0) is 26.2. The summed E-state index contributed by atoms with van der Waals surface area (Å²) in [6.45, 7) is 5.11. The standard InChI is InChI=1S/C26H40NO8P/c1-26(2,3)32-25(30)27-23(24(28)29)18-19-14-16-22(17-15-19)35-36(31,33-20-10-6-4-7-11-20)34-21-12-8-5-9-13-21/h14-17,20-21,23H,4-13,18H2,1-3H3,(H,27,30)(H,28,29). The molecular weight excluding hydrogens is 485 g/mol. The normalized spacial score (nSPS) is 18.9. The molecule has 0 saturated heterocycles. The monoisotopic (exact) mass is 525 g/mol. The number of ether oxygens (including phenoxy) is 1. The number of hydrogen-bond donors (Lipinski definition) is 2. The number of carboxylic acid groups (broad SMARTS) is 1. The van der Waals surface area contributed by atoms with Gasteiger partial charge in [0, 0.05) is 6.42 Å². The van der Waals surface area contributed by atoms with Crippen molar-refractivity contribution in [2.24, 2.45) is 0 Å². The molecule has 0 bridgehead atoms. The fourth-order valence-electron chi connectivity index (χ4n) is 4.48. The minimum atomic E-state index is -3.84. The molecule has 1 atom stereocenters. The molecule has 9 nitrogen and oxygen atoms in total. The predicted molar refractivity (Wildman–Crippen MR) is 135 cm³/mol. The van der Waals surface area contributed by atoms with Gasteiger partial charge in [-0.25, -0.2) is 14.2 Å². The van der Waals surface area contributed by atoms with Crippen LogP contribution in [0.3, 0.4) is 0 Å². The number of carbonyl (C=O) groups is 2. The van der Waals surface area contributed by atoms with Crippen LogP contribution in [0.2, 0.25) is 0 Å². The highest BCUT2D eigenvalue weighted by atomic mass is 31.2. The van der Waals surface area contributed by atoms with Gasteiger partial charge in [-0.05, 0) is 64.2 Å². The number of amides is 1. The lowest BCUT2D eigenvalue weighted by molar-refractivity contribution is -0.139. The minimum Gasteiger partial charge on any atom is -0.480 e. The lowest BCUT2D eigenvalue weighted by Crippen LogP contribution is -2.44. The quantitative estimate of drug-likeness (QED) is 0.337. The van der Waals surface area contributed by atoms with E-state index in [-0.39, 0.29) is 18.6 Å². The van der Waals surface area contributed by atoms with Crippen LogP contribution in [0.25, 0.3) is 0 Å². The van der Waals surface area contributed by atoms with Crippen molar-refractivity contribution < 1.29 is 37.6 Å². The molecule has 0 radical (unpaired) electrons. The van der Waals surface area contributed by atoms with E-state index in [1.165, 1.54) is 0 Å². The summed E-state index contributed by atoms with van der Waals surface area (Å²) in [4.78, 5) is 23.7. The van der Waals surface area contributed by atoms with Crippen LogP contribution in [0.1, 0.15) is 90.5 Å². The summed E-state index contributed by atoms with van der Waals surface area (Å²) >= 11 is 0. The van der Waals surface area contributed by atoms with Crippen LogP contribution in [0.4, 0.5) is 4.79 Å². The number of carboxylic acids is 1. The maximum Gasteiger partial charge on any atom is 0.530 e. The number of phosphoric ester groups is 1. The maximum absolute atomic E-state index is 13.7. The molecule has 36 heavy (non-hydrogen) atoms. The van der Waals surface area contributed by atoms with Crippen LogP contribution in [0.5, 0.6) is 5.75 Å². The van der Waals surface area contributed by atoms with Gasteiger partial charge in [0.1, 0.15) is 17.4 Å². The summed E-state index contributed by atoms with van der Waals surface area (Å²) in [6.07, 6.45) is 8.72. The van der Waals surface area contributed by atoms with Gasteiger partial charge in [0.2, 0.25) is 0 Å². The Kier molecular flexibility index (Phi) is 10.2. The lowest BCUT2D eigenvalue weighted by Gasteiger charge is -2.30. The van der Waals surface area contributed by atoms with E-state index in [9.17, 15) is 19.3 Å². The molecule has 1 aromatic carbocycles. The first-order chi connectivity index (χ1) is 17.0. The van der Waals surface area contributed by atoms with E-state index in [0.717, 1.165) is 64.2 Å². The van der Waals surface area contributed by atoms with Gasteiger partial charge < -0.3 is 19.7 Å². The number of benzene rings is 1. The van der Waals surface area contributed by atoms with E-state index in [1.807, 2.05) is 0 Å². The molecule has 0 aliphatic heterocycles. The minimum absolute atomic E-state index is 0.0453. The van der Waals surface area contributed by atoms with Crippen LogP contribution in [0, 0.1) is 0 Å². The molecule has 2 aliphatic rings. The van der Waals surface area contributed by atoms with E-state index in [1.54, 1.807) is 45.0 Å². The number of aliphatic carboxylic acids is 1. The van der Waals surface area contributed by atoms with Gasteiger partial charge in [0.05, 0.1) is 12.2 Å². The third-order valence-electron chi connectivity index (χ3n) is 6.23. The molecule has 0 aromatic heterocycles. The Morgan fingerprint density at radius 1 is 0.944 bits per heavy atom. The summed E-state index contributed by atoms with van der Waals surface area (Å²) in [5, 5.41) is 11.9. The molecule has 0 spiro atoms. The molecule has 1 amide bonds. The van der Waals surface area contributed by atoms with Crippen molar-refractivity contribution in [3.63, 3.8) is 0 Å². The SMILES string of the molecule is CC(C)(C)OC(=O)NC(Cc1ccc(OP(=O)(OC2CCCCC2)OC2CCCCC2)cc1)C(=O)O. The fraction of sp³-hybridized carbons (Fsp3) is 0.692. The first-order valence-corrected chi connectivity index (χ1v) is 14.5. The summed E-state index contributed by atoms with van der Waals surface area (Å²) in [5.74, 6) is -0.854. The molecule has 10 heteroatoms. The average Bonchev–Trinajstić information content (AvgIpc) is 2.79. The second kappa shape index (κ2) is 12.9. The third kappa shape index (κ3) is 9.75. The van der Waals surface area contributed by atoms with E-state index in [4.69, 9.17) is 18.3 Å². The molecule has 2 fully saturated rings. The Balaban J connectivity index is 1.65. The van der Waals surface area contributed by atoms with Crippen molar-refractivity contribution in [3.8, 4) is 5.75 Å². The molecule has 2 saturated carbocycles. The van der Waals surface area contributed by atoms with Gasteiger partial charge >= 0.3 is 19.9 Å². The second-order valence-electron chi connectivity index (χ2n) is 10.7. The third-order valence-corrected chi connectivity index (χ3v) is 7.78. The topological polar surface area (TPSA) is 120 Å². The number of carbonyl (C=O) groups excluding carboxylic acids is 1. The van der Waals surface area contributed by atoms with Gasteiger partial charge in [-0.3, -0.25) is 9.05 Å². The van der Waals surface area contributed by atoms with Crippen LogP contribution < -0.4 is 9.84 Å². The van der Waals surface area contributed by atoms with Crippen molar-refractivity contribution in [2.45, 2.75) is 115 Å². The smallest absolute Gasteiger partial charge is 0.480 e. The number of nitrogens with one attached hydrogen (secondary N) is 1. The second-order valence-corrected chi connectivity index (χ2v) is 12.2. The highest BCUT2D eigenvalue weighted by molar-refractivity contribution is 7.49. The van der Waals surface area contributed by atoms with Gasteiger partial charge in [0.15, 0.2) is 0 Å². The van der Waals surface area contributed by atoms with Crippen LogP contribution in [-0.2, 0) is 29.6 Å². The van der Waals surface area contributed by atoms with Crippen LogP contribution in [0.15, 0.2) is 24.3 Å². The molecule has 1 unspecified atom stereocenters. The predicted octanol–water partition coefficient (Wildman–Crippen LogP) is 6.39. The number of alkyl carbamates (subject to hydrolysis) is 1. The first-order valence-electron chi connectivity index (χ1n) is 13.0. The van der Waals surface area contributed by atoms with Gasteiger partial charge in [-0.1, -0.05) is 50.7 Å². The molecular formula is C26H40NO8P. The van der Waals surface area contributed by atoms with E-state index >= 15 is 0 Å². The number of rotatable bonds is 10. The van der Waals surface area contributed by atoms with Crippen molar-refractivity contribution in [1.82, 2.24) is 5.32 Å². The van der Waals surface area contributed by atoms with Crippen molar-refractivity contribution >= 4 is 19.9 Å².